The van der Waals surface area contributed by atoms with E-state index in [2.05, 4.69) is 12.1 Å². The molecular weight excluding hydrogens is 737 g/mol. The van der Waals surface area contributed by atoms with Gasteiger partial charge in [-0.05, 0) is 22.3 Å². The molecule has 3 aliphatic heterocycles. The van der Waals surface area contributed by atoms with Crippen molar-refractivity contribution in [3.63, 3.8) is 0 Å². The number of methoxy groups -OCH3 is 1. The second kappa shape index (κ2) is 20.6. The Hall–Kier alpha value is -4.30. The van der Waals surface area contributed by atoms with Gasteiger partial charge in [0.1, 0.15) is 36.6 Å². The molecular formula is C48H52O10. The lowest BCUT2D eigenvalue weighted by Crippen LogP contribution is -2.64. The highest BCUT2D eigenvalue weighted by Crippen LogP contribution is 2.39. The molecule has 0 saturated carbocycles. The van der Waals surface area contributed by atoms with Crippen LogP contribution in [0.2, 0.25) is 0 Å². The molecule has 0 aromatic heterocycles. The Balaban J connectivity index is 1.07. The van der Waals surface area contributed by atoms with Crippen LogP contribution in [0.3, 0.4) is 0 Å². The van der Waals surface area contributed by atoms with Gasteiger partial charge in [0.15, 0.2) is 18.9 Å². The van der Waals surface area contributed by atoms with Crippen molar-refractivity contribution in [3.05, 3.63) is 179 Å². The van der Waals surface area contributed by atoms with E-state index in [1.54, 1.807) is 7.11 Å². The molecule has 0 unspecified atom stereocenters. The summed E-state index contributed by atoms with van der Waals surface area (Å²) in [5.74, 6) is 0. The average Bonchev–Trinajstić information content (AvgIpc) is 3.29. The second-order valence-electron chi connectivity index (χ2n) is 14.8. The van der Waals surface area contributed by atoms with Gasteiger partial charge in [0.05, 0.1) is 45.7 Å². The monoisotopic (exact) mass is 788 g/mol. The van der Waals surface area contributed by atoms with Crippen LogP contribution < -0.4 is 0 Å². The largest absolute Gasteiger partial charge is 0.374 e. The average molecular weight is 789 g/mol. The van der Waals surface area contributed by atoms with Crippen molar-refractivity contribution in [3.8, 4) is 0 Å². The zero-order valence-electron chi connectivity index (χ0n) is 32.7. The van der Waals surface area contributed by atoms with Crippen molar-refractivity contribution in [1.82, 2.24) is 0 Å². The van der Waals surface area contributed by atoms with E-state index in [-0.39, 0.29) is 6.61 Å². The molecule has 0 spiro atoms. The fourth-order valence-electron chi connectivity index (χ4n) is 7.69. The zero-order chi connectivity index (χ0) is 39.4. The van der Waals surface area contributed by atoms with Gasteiger partial charge in [-0.3, -0.25) is 0 Å². The van der Waals surface area contributed by atoms with Crippen molar-refractivity contribution < 1.29 is 47.4 Å². The molecule has 8 rings (SSSR count). The molecule has 58 heavy (non-hydrogen) atoms. The van der Waals surface area contributed by atoms with Crippen molar-refractivity contribution >= 4 is 0 Å². The molecule has 0 N–H and O–H groups in total. The van der Waals surface area contributed by atoms with E-state index in [4.69, 9.17) is 47.4 Å². The quantitative estimate of drug-likeness (QED) is 0.0925. The fraction of sp³-hybridized carbons (Fsp3) is 0.375. The van der Waals surface area contributed by atoms with Crippen LogP contribution in [0.4, 0.5) is 0 Å². The van der Waals surface area contributed by atoms with E-state index in [1.807, 2.05) is 140 Å². The smallest absolute Gasteiger partial charge is 0.186 e. The van der Waals surface area contributed by atoms with Crippen molar-refractivity contribution in [1.29, 1.82) is 0 Å². The van der Waals surface area contributed by atoms with Gasteiger partial charge in [-0.1, -0.05) is 152 Å². The molecule has 0 bridgehead atoms. The number of hydrogen-bond acceptors (Lipinski definition) is 10. The highest BCUT2D eigenvalue weighted by Gasteiger charge is 2.53. The third kappa shape index (κ3) is 10.7. The minimum Gasteiger partial charge on any atom is -0.374 e. The van der Waals surface area contributed by atoms with Crippen LogP contribution >= 0.6 is 0 Å². The third-order valence-corrected chi connectivity index (χ3v) is 10.7. The van der Waals surface area contributed by atoms with Gasteiger partial charge in [0.2, 0.25) is 0 Å². The maximum Gasteiger partial charge on any atom is 0.186 e. The van der Waals surface area contributed by atoms with Gasteiger partial charge in [-0.25, -0.2) is 0 Å². The molecule has 3 saturated heterocycles. The van der Waals surface area contributed by atoms with Gasteiger partial charge in [0, 0.05) is 19.1 Å². The van der Waals surface area contributed by atoms with Crippen LogP contribution in [0.25, 0.3) is 0 Å². The van der Waals surface area contributed by atoms with E-state index in [0.29, 0.717) is 39.5 Å². The summed E-state index contributed by atoms with van der Waals surface area (Å²) in [4.78, 5) is 0. The summed E-state index contributed by atoms with van der Waals surface area (Å²) in [5.41, 5.74) is 5.08. The molecule has 10 nitrogen and oxygen atoms in total. The molecule has 5 aromatic rings. The zero-order valence-corrected chi connectivity index (χ0v) is 32.7. The van der Waals surface area contributed by atoms with Crippen LogP contribution in [-0.4, -0.2) is 75.6 Å². The van der Waals surface area contributed by atoms with Crippen LogP contribution in [0.15, 0.2) is 152 Å². The van der Waals surface area contributed by atoms with Gasteiger partial charge in [-0.2, -0.15) is 0 Å². The number of benzene rings is 5. The standard InChI is InChI=1S/C48H52O10/c1-49-48-46(45(53-31-37-23-13-5-14-24-37)44-41(56-48)33-54-47(58-44)38-25-15-6-16-26-38)57-42-27-39(51-29-35-19-9-3-10-20-35)43(52-30-36-21-11-4-12-22-36)40(55-42)32-50-28-34-17-7-2-8-18-34/h2-26,39-48H,27-33H2,1H3/t39-,40-,41-,42-,43+,44-,45+,46+,47-,48+/m1/s1. The summed E-state index contributed by atoms with van der Waals surface area (Å²) < 4.78 is 65.8. The summed E-state index contributed by atoms with van der Waals surface area (Å²) in [7, 11) is 1.61. The Kier molecular flexibility index (Phi) is 14.4. The maximum atomic E-state index is 7.01. The summed E-state index contributed by atoms with van der Waals surface area (Å²) in [6, 6.07) is 50.2. The number of hydrogen-bond donors (Lipinski definition) is 0. The molecule has 304 valence electrons. The lowest BCUT2D eigenvalue weighted by Gasteiger charge is -2.50. The Morgan fingerprint density at radius 2 is 1.05 bits per heavy atom. The Labute approximate surface area is 340 Å². The second-order valence-corrected chi connectivity index (χ2v) is 14.8. The topological polar surface area (TPSA) is 92.3 Å². The lowest BCUT2D eigenvalue weighted by molar-refractivity contribution is -0.388. The van der Waals surface area contributed by atoms with E-state index in [1.165, 1.54) is 0 Å². The normalized spacial score (nSPS) is 28.4. The van der Waals surface area contributed by atoms with Crippen LogP contribution in [0, 0.1) is 0 Å². The third-order valence-electron chi connectivity index (χ3n) is 10.7. The molecule has 0 amide bonds. The fourth-order valence-corrected chi connectivity index (χ4v) is 7.69. The SMILES string of the molecule is CO[C@H]1O[C@@H]2CO[C@@H](c3ccccc3)O[C@H]2[C@H](OCc2ccccc2)[C@@H]1O[C@@H]1C[C@@H](OCc2ccccc2)[C@H](OCc2ccccc2)[C@@H](COCc2ccccc2)O1. The molecule has 0 radical (unpaired) electrons. The van der Waals surface area contributed by atoms with Gasteiger partial charge in [-0.15, -0.1) is 0 Å². The van der Waals surface area contributed by atoms with Crippen molar-refractivity contribution in [2.24, 2.45) is 0 Å². The highest BCUT2D eigenvalue weighted by molar-refractivity contribution is 5.18. The first kappa shape index (κ1) is 40.5. The Bertz CT molecular complexity index is 1900. The predicted molar refractivity (Wildman–Crippen MR) is 215 cm³/mol. The minimum atomic E-state index is -0.811. The van der Waals surface area contributed by atoms with Gasteiger partial charge >= 0.3 is 0 Å². The molecule has 5 aromatic carbocycles. The van der Waals surface area contributed by atoms with Crippen LogP contribution in [-0.2, 0) is 73.8 Å². The molecule has 0 aliphatic carbocycles. The Morgan fingerprint density at radius 1 is 0.534 bits per heavy atom. The van der Waals surface area contributed by atoms with E-state index >= 15 is 0 Å². The first-order valence-corrected chi connectivity index (χ1v) is 20.1. The summed E-state index contributed by atoms with van der Waals surface area (Å²) in [6.45, 7) is 2.03. The van der Waals surface area contributed by atoms with Crippen molar-refractivity contribution in [2.75, 3.05) is 20.3 Å². The highest BCUT2D eigenvalue weighted by atomic mass is 16.8. The minimum absolute atomic E-state index is 0.242. The van der Waals surface area contributed by atoms with E-state index in [0.717, 1.165) is 27.8 Å². The first-order valence-electron chi connectivity index (χ1n) is 20.1. The lowest BCUT2D eigenvalue weighted by atomic mass is 9.96. The Morgan fingerprint density at radius 3 is 1.62 bits per heavy atom. The number of fused-ring (bicyclic) bond motifs is 1. The van der Waals surface area contributed by atoms with Gasteiger partial charge < -0.3 is 47.4 Å². The van der Waals surface area contributed by atoms with Crippen LogP contribution in [0.5, 0.6) is 0 Å². The molecule has 10 heteroatoms. The molecule has 3 aliphatic rings. The van der Waals surface area contributed by atoms with E-state index < -0.39 is 61.6 Å². The van der Waals surface area contributed by atoms with Gasteiger partial charge in [0.25, 0.3) is 0 Å². The molecule has 3 fully saturated rings. The molecule has 3 heterocycles. The van der Waals surface area contributed by atoms with Crippen molar-refractivity contribution in [2.45, 2.75) is 94.4 Å². The summed E-state index contributed by atoms with van der Waals surface area (Å²) in [6.07, 6.45) is -5.63. The summed E-state index contributed by atoms with van der Waals surface area (Å²) in [5, 5.41) is 0. The van der Waals surface area contributed by atoms with Crippen LogP contribution in [0.1, 0.15) is 40.5 Å². The number of ether oxygens (including phenoxy) is 10. The maximum absolute atomic E-state index is 7.01. The first-order chi connectivity index (χ1) is 28.7. The summed E-state index contributed by atoms with van der Waals surface area (Å²) >= 11 is 0. The molecule has 10 atom stereocenters. The predicted octanol–water partition coefficient (Wildman–Crippen LogP) is 7.95. The number of rotatable bonds is 17. The van der Waals surface area contributed by atoms with E-state index in [9.17, 15) is 0 Å².